The quantitative estimate of drug-likeness (QED) is 0.176. The van der Waals surface area contributed by atoms with E-state index in [2.05, 4.69) is 10.6 Å². The number of para-hydroxylation sites is 1. The maximum Gasteiger partial charge on any atom is 0.547 e. The Balaban J connectivity index is 1.63. The predicted molar refractivity (Wildman–Crippen MR) is 139 cm³/mol. The number of carbonyl (C=O) groups excluding carboxylic acids is 4. The highest BCUT2D eigenvalue weighted by atomic mass is 19.1. The van der Waals surface area contributed by atoms with Crippen molar-refractivity contribution in [2.24, 2.45) is 5.73 Å². The number of imide groups is 1. The van der Waals surface area contributed by atoms with Gasteiger partial charge in [0.1, 0.15) is 29.2 Å². The third-order valence-corrected chi connectivity index (χ3v) is 6.79. The van der Waals surface area contributed by atoms with Crippen molar-refractivity contribution >= 4 is 36.8 Å². The van der Waals surface area contributed by atoms with Gasteiger partial charge in [-0.25, -0.2) is 18.4 Å². The van der Waals surface area contributed by atoms with Gasteiger partial charge in [0.15, 0.2) is 0 Å². The summed E-state index contributed by atoms with van der Waals surface area (Å²) in [7, 11) is -1.80. The number of aromatic carboxylic acids is 1. The SMILES string of the molecule is C[C@H]1CN(CCN)C(=O)C(=O)N1C(=O)NC(C(=O)N[C@H]1Cc2cccc(C(=O)O)c2OB1O)c1c(F)cc(O)cc1F. The van der Waals surface area contributed by atoms with Gasteiger partial charge in [-0.1, -0.05) is 12.1 Å². The molecule has 2 aliphatic rings. The van der Waals surface area contributed by atoms with E-state index in [0.29, 0.717) is 22.6 Å². The summed E-state index contributed by atoms with van der Waals surface area (Å²) in [4.78, 5) is 65.0. The number of carboxylic acids is 1. The van der Waals surface area contributed by atoms with Gasteiger partial charge < -0.3 is 41.2 Å². The van der Waals surface area contributed by atoms with Crippen molar-refractivity contribution in [3.63, 3.8) is 0 Å². The van der Waals surface area contributed by atoms with Crippen LogP contribution in [0.1, 0.15) is 34.5 Å². The second-order valence-electron chi connectivity index (χ2n) is 9.70. The van der Waals surface area contributed by atoms with Crippen molar-refractivity contribution in [3.05, 3.63) is 58.7 Å². The maximum atomic E-state index is 14.9. The molecule has 2 heterocycles. The molecule has 0 saturated carbocycles. The second-order valence-corrected chi connectivity index (χ2v) is 9.70. The number of carboxylic acid groups (broad SMARTS) is 1. The van der Waals surface area contributed by atoms with Crippen molar-refractivity contribution in [2.45, 2.75) is 31.4 Å². The van der Waals surface area contributed by atoms with E-state index in [9.17, 15) is 48.0 Å². The number of fused-ring (bicyclic) bond motifs is 1. The first-order valence-corrected chi connectivity index (χ1v) is 12.6. The highest BCUT2D eigenvalue weighted by Gasteiger charge is 2.44. The van der Waals surface area contributed by atoms with Crippen LogP contribution in [0.25, 0.3) is 0 Å². The topological polar surface area (TPSA) is 212 Å². The molecule has 42 heavy (non-hydrogen) atoms. The van der Waals surface area contributed by atoms with E-state index in [4.69, 9.17) is 10.4 Å². The minimum atomic E-state index is -2.17. The number of nitrogens with one attached hydrogen (secondary N) is 2. The number of phenols is 1. The molecule has 17 heteroatoms. The third-order valence-electron chi connectivity index (χ3n) is 6.79. The zero-order valence-electron chi connectivity index (χ0n) is 22.0. The molecule has 0 aliphatic carbocycles. The monoisotopic (exact) mass is 589 g/mol. The Bertz CT molecular complexity index is 1440. The molecule has 2 aliphatic heterocycles. The Morgan fingerprint density at radius 3 is 2.48 bits per heavy atom. The summed E-state index contributed by atoms with van der Waals surface area (Å²) in [5.74, 6) is -9.95. The first-order valence-electron chi connectivity index (χ1n) is 12.6. The first-order chi connectivity index (χ1) is 19.8. The van der Waals surface area contributed by atoms with Crippen molar-refractivity contribution < 1.29 is 52.6 Å². The van der Waals surface area contributed by atoms with Crippen LogP contribution in [0.15, 0.2) is 30.3 Å². The van der Waals surface area contributed by atoms with Gasteiger partial charge >= 0.3 is 30.9 Å². The molecule has 4 rings (SSSR count). The molecule has 222 valence electrons. The normalized spacial score (nSPS) is 19.1. The van der Waals surface area contributed by atoms with E-state index in [0.717, 1.165) is 4.90 Å². The molecule has 2 aromatic rings. The van der Waals surface area contributed by atoms with Crippen LogP contribution in [-0.2, 0) is 20.8 Å². The number of halogens is 2. The Kier molecular flexibility index (Phi) is 8.63. The average molecular weight is 589 g/mol. The summed E-state index contributed by atoms with van der Waals surface area (Å²) in [5, 5.41) is 33.9. The van der Waals surface area contributed by atoms with E-state index >= 15 is 0 Å². The van der Waals surface area contributed by atoms with Gasteiger partial charge in [-0.3, -0.25) is 19.3 Å². The minimum Gasteiger partial charge on any atom is -0.534 e. The fraction of sp³-hybridized carbons (Fsp3) is 0.320. The number of nitrogens with zero attached hydrogens (tertiary/aromatic N) is 2. The maximum absolute atomic E-state index is 14.9. The van der Waals surface area contributed by atoms with Gasteiger partial charge in [0.05, 0.1) is 23.1 Å². The third kappa shape index (κ3) is 5.82. The summed E-state index contributed by atoms with van der Waals surface area (Å²) in [6.45, 7) is 1.45. The summed E-state index contributed by atoms with van der Waals surface area (Å²) < 4.78 is 35.2. The van der Waals surface area contributed by atoms with Crippen LogP contribution >= 0.6 is 0 Å². The lowest BCUT2D eigenvalue weighted by Gasteiger charge is -2.38. The van der Waals surface area contributed by atoms with Crippen LogP contribution in [0, 0.1) is 11.6 Å². The summed E-state index contributed by atoms with van der Waals surface area (Å²) in [6, 6.07) is 0.738. The van der Waals surface area contributed by atoms with Gasteiger partial charge in [-0.05, 0) is 25.0 Å². The van der Waals surface area contributed by atoms with Crippen molar-refractivity contribution in [2.75, 3.05) is 19.6 Å². The summed E-state index contributed by atoms with van der Waals surface area (Å²) >= 11 is 0. The molecule has 1 saturated heterocycles. The van der Waals surface area contributed by atoms with E-state index in [1.54, 1.807) is 0 Å². The van der Waals surface area contributed by atoms with Crippen molar-refractivity contribution in [1.82, 2.24) is 20.4 Å². The van der Waals surface area contributed by atoms with Crippen molar-refractivity contribution in [1.29, 1.82) is 0 Å². The van der Waals surface area contributed by atoms with Crippen LogP contribution in [0.5, 0.6) is 11.5 Å². The standard InChI is InChI=1S/C25H26BF2N5O9/c1-11-10-32(6-5-29)22(36)23(37)33(11)25(40)31-19(18-15(27)8-13(34)9-16(18)28)21(35)30-17-7-12-3-2-4-14(24(38)39)20(12)42-26(17)41/h2-4,8-9,11,17,19,34,41H,5-7,10,29H2,1H3,(H,30,35)(H,31,40)(H,38,39)/t11-,17-,19?/m0/s1. The van der Waals surface area contributed by atoms with Gasteiger partial charge in [-0.15, -0.1) is 0 Å². The first kappa shape index (κ1) is 30.2. The second kappa shape index (κ2) is 12.0. The van der Waals surface area contributed by atoms with E-state index < -0.39 is 77.8 Å². The van der Waals surface area contributed by atoms with Crippen LogP contribution in [-0.4, -0.2) is 93.5 Å². The highest BCUT2D eigenvalue weighted by Crippen LogP contribution is 2.31. The number of aromatic hydroxyl groups is 1. The van der Waals surface area contributed by atoms with Crippen LogP contribution in [0.4, 0.5) is 13.6 Å². The van der Waals surface area contributed by atoms with E-state index in [1.165, 1.54) is 25.1 Å². The number of carbonyl (C=O) groups is 5. The fourth-order valence-corrected chi connectivity index (χ4v) is 4.85. The van der Waals surface area contributed by atoms with Gasteiger partial charge in [0, 0.05) is 31.8 Å². The fourth-order valence-electron chi connectivity index (χ4n) is 4.85. The number of piperazine rings is 1. The molecule has 7 N–H and O–H groups in total. The largest absolute Gasteiger partial charge is 0.547 e. The molecule has 1 fully saturated rings. The van der Waals surface area contributed by atoms with Crippen molar-refractivity contribution in [3.8, 4) is 11.5 Å². The minimum absolute atomic E-state index is 0.0439. The molecule has 2 aromatic carbocycles. The van der Waals surface area contributed by atoms with Crippen LogP contribution in [0.2, 0.25) is 0 Å². The predicted octanol–water partition coefficient (Wildman–Crippen LogP) is -0.723. The molecule has 3 atom stereocenters. The van der Waals surface area contributed by atoms with Gasteiger partial charge in [0.25, 0.3) is 0 Å². The molecule has 0 spiro atoms. The molecule has 5 amide bonds. The number of hydrogen-bond donors (Lipinski definition) is 6. The number of amides is 5. The zero-order valence-corrected chi connectivity index (χ0v) is 22.0. The summed E-state index contributed by atoms with van der Waals surface area (Å²) in [6.07, 6.45) is -0.169. The Morgan fingerprint density at radius 1 is 1.19 bits per heavy atom. The Morgan fingerprint density at radius 2 is 1.86 bits per heavy atom. The molecular formula is C25H26BF2N5O9. The average Bonchev–Trinajstić information content (AvgIpc) is 2.90. The smallest absolute Gasteiger partial charge is 0.534 e. The lowest BCUT2D eigenvalue weighted by molar-refractivity contribution is -0.155. The molecule has 1 unspecified atom stereocenters. The van der Waals surface area contributed by atoms with Gasteiger partial charge in [0.2, 0.25) is 5.91 Å². The number of urea groups is 1. The number of nitrogens with two attached hydrogens (primary N) is 1. The number of rotatable bonds is 7. The molecule has 14 nitrogen and oxygen atoms in total. The highest BCUT2D eigenvalue weighted by molar-refractivity contribution is 6.47. The Labute approximate surface area is 237 Å². The molecule has 0 bridgehead atoms. The number of benzene rings is 2. The Hall–Kier alpha value is -4.77. The van der Waals surface area contributed by atoms with E-state index in [-0.39, 0.29) is 37.4 Å². The lowest BCUT2D eigenvalue weighted by atomic mass is 9.72. The number of phenolic OH excluding ortho intramolecular Hbond substituents is 1. The molecule has 0 radical (unpaired) electrons. The summed E-state index contributed by atoms with van der Waals surface area (Å²) in [5.41, 5.74) is 4.50. The van der Waals surface area contributed by atoms with Crippen LogP contribution < -0.4 is 21.0 Å². The lowest BCUT2D eigenvalue weighted by Crippen LogP contribution is -2.63. The zero-order chi connectivity index (χ0) is 30.9. The van der Waals surface area contributed by atoms with Gasteiger partial charge in [-0.2, -0.15) is 0 Å². The molecular weight excluding hydrogens is 563 g/mol. The van der Waals surface area contributed by atoms with E-state index in [1.807, 2.05) is 0 Å². The number of hydrogen-bond acceptors (Lipinski definition) is 9. The molecule has 0 aromatic heterocycles. The van der Waals surface area contributed by atoms with Crippen LogP contribution in [0.3, 0.4) is 0 Å².